The standard InChI is InChI=1S/C16H24N2O/c1-13(14-8-7-9-15(17)12-14)16(19)18-10-5-3-2-4-6-11-18/h7-9,12-13H,2-6,10-11,17H2,1H3. The van der Waals surface area contributed by atoms with Crippen LogP contribution in [-0.2, 0) is 4.79 Å². The van der Waals surface area contributed by atoms with E-state index in [1.165, 1.54) is 19.3 Å². The van der Waals surface area contributed by atoms with Crippen molar-refractivity contribution in [1.82, 2.24) is 4.90 Å². The van der Waals surface area contributed by atoms with Crippen molar-refractivity contribution in [1.29, 1.82) is 0 Å². The van der Waals surface area contributed by atoms with Crippen molar-refractivity contribution in [2.24, 2.45) is 0 Å². The van der Waals surface area contributed by atoms with Gasteiger partial charge in [0.2, 0.25) is 5.91 Å². The summed E-state index contributed by atoms with van der Waals surface area (Å²) in [6.45, 7) is 3.80. The molecule has 1 atom stereocenters. The number of nitrogen functional groups attached to an aromatic ring is 1. The fourth-order valence-corrected chi connectivity index (χ4v) is 2.71. The number of amides is 1. The molecule has 104 valence electrons. The molecule has 1 aromatic rings. The summed E-state index contributed by atoms with van der Waals surface area (Å²) >= 11 is 0. The summed E-state index contributed by atoms with van der Waals surface area (Å²) in [6.07, 6.45) is 6.07. The van der Waals surface area contributed by atoms with Gasteiger partial charge in [0, 0.05) is 18.8 Å². The van der Waals surface area contributed by atoms with E-state index in [1.54, 1.807) is 0 Å². The lowest BCUT2D eigenvalue weighted by Crippen LogP contribution is -2.36. The maximum absolute atomic E-state index is 12.6. The Bertz CT molecular complexity index is 423. The molecule has 2 N–H and O–H groups in total. The third-order valence-electron chi connectivity index (χ3n) is 3.95. The number of likely N-dealkylation sites (tertiary alicyclic amines) is 1. The molecule has 3 heteroatoms. The summed E-state index contributed by atoms with van der Waals surface area (Å²) in [5.74, 6) is 0.149. The van der Waals surface area contributed by atoms with Gasteiger partial charge in [0.05, 0.1) is 5.92 Å². The Morgan fingerprint density at radius 1 is 1.16 bits per heavy atom. The van der Waals surface area contributed by atoms with Gasteiger partial charge in [0.25, 0.3) is 0 Å². The van der Waals surface area contributed by atoms with E-state index in [0.717, 1.165) is 37.2 Å². The van der Waals surface area contributed by atoms with E-state index in [4.69, 9.17) is 5.73 Å². The molecular weight excluding hydrogens is 236 g/mol. The first-order chi connectivity index (χ1) is 9.18. The maximum atomic E-state index is 12.6. The number of carbonyl (C=O) groups is 1. The Morgan fingerprint density at radius 2 is 1.79 bits per heavy atom. The van der Waals surface area contributed by atoms with Crippen LogP contribution in [0.3, 0.4) is 0 Å². The predicted molar refractivity (Wildman–Crippen MR) is 78.9 cm³/mol. The van der Waals surface area contributed by atoms with E-state index in [1.807, 2.05) is 36.1 Å². The lowest BCUT2D eigenvalue weighted by atomic mass is 9.98. The topological polar surface area (TPSA) is 46.3 Å². The molecule has 0 aliphatic carbocycles. The number of benzene rings is 1. The average Bonchev–Trinajstić information content (AvgIpc) is 2.37. The minimum absolute atomic E-state index is 0.0945. The molecule has 0 bridgehead atoms. The molecule has 1 heterocycles. The Morgan fingerprint density at radius 3 is 2.42 bits per heavy atom. The van der Waals surface area contributed by atoms with Crippen LogP contribution in [0, 0.1) is 0 Å². The van der Waals surface area contributed by atoms with E-state index in [-0.39, 0.29) is 11.8 Å². The lowest BCUT2D eigenvalue weighted by Gasteiger charge is -2.27. The van der Waals surface area contributed by atoms with Crippen molar-refractivity contribution >= 4 is 11.6 Å². The van der Waals surface area contributed by atoms with Crippen LogP contribution in [0.15, 0.2) is 24.3 Å². The van der Waals surface area contributed by atoms with Gasteiger partial charge in [-0.1, -0.05) is 31.4 Å². The van der Waals surface area contributed by atoms with Crippen molar-refractivity contribution < 1.29 is 4.79 Å². The van der Waals surface area contributed by atoms with Crippen LogP contribution in [0.5, 0.6) is 0 Å². The average molecular weight is 260 g/mol. The second-order valence-corrected chi connectivity index (χ2v) is 5.48. The second kappa shape index (κ2) is 6.60. The molecule has 19 heavy (non-hydrogen) atoms. The Balaban J connectivity index is 2.04. The fraction of sp³-hybridized carbons (Fsp3) is 0.562. The third kappa shape index (κ3) is 3.72. The van der Waals surface area contributed by atoms with Gasteiger partial charge in [-0.3, -0.25) is 4.79 Å². The number of nitrogens with two attached hydrogens (primary N) is 1. The number of anilines is 1. The number of rotatable bonds is 2. The zero-order valence-corrected chi connectivity index (χ0v) is 11.8. The van der Waals surface area contributed by atoms with E-state index in [0.29, 0.717) is 0 Å². The first kappa shape index (κ1) is 13.9. The van der Waals surface area contributed by atoms with Crippen LogP contribution in [0.2, 0.25) is 0 Å². The van der Waals surface area contributed by atoms with E-state index < -0.39 is 0 Å². The molecule has 1 aliphatic heterocycles. The maximum Gasteiger partial charge on any atom is 0.229 e. The molecule has 0 radical (unpaired) electrons. The Labute approximate surface area is 115 Å². The van der Waals surface area contributed by atoms with Crippen molar-refractivity contribution in [2.45, 2.75) is 44.9 Å². The van der Waals surface area contributed by atoms with Gasteiger partial charge >= 0.3 is 0 Å². The molecule has 1 saturated heterocycles. The van der Waals surface area contributed by atoms with E-state index >= 15 is 0 Å². The fourth-order valence-electron chi connectivity index (χ4n) is 2.71. The van der Waals surface area contributed by atoms with Crippen LogP contribution in [-0.4, -0.2) is 23.9 Å². The molecule has 0 spiro atoms. The highest BCUT2D eigenvalue weighted by molar-refractivity contribution is 5.83. The lowest BCUT2D eigenvalue weighted by molar-refractivity contribution is -0.132. The van der Waals surface area contributed by atoms with Gasteiger partial charge in [0.1, 0.15) is 0 Å². The SMILES string of the molecule is CC(C(=O)N1CCCCCCC1)c1cccc(N)c1. The molecule has 1 aliphatic rings. The molecule has 1 fully saturated rings. The zero-order valence-electron chi connectivity index (χ0n) is 11.8. The zero-order chi connectivity index (χ0) is 13.7. The van der Waals surface area contributed by atoms with Crippen molar-refractivity contribution in [2.75, 3.05) is 18.8 Å². The summed E-state index contributed by atoms with van der Waals surface area (Å²) < 4.78 is 0. The van der Waals surface area contributed by atoms with Crippen molar-refractivity contribution in [3.05, 3.63) is 29.8 Å². The first-order valence-electron chi connectivity index (χ1n) is 7.32. The number of carbonyl (C=O) groups excluding carboxylic acids is 1. The Kier molecular flexibility index (Phi) is 4.83. The van der Waals surface area contributed by atoms with Crippen molar-refractivity contribution in [3.63, 3.8) is 0 Å². The smallest absolute Gasteiger partial charge is 0.229 e. The molecule has 1 aromatic carbocycles. The van der Waals surface area contributed by atoms with Gasteiger partial charge < -0.3 is 10.6 Å². The Hall–Kier alpha value is -1.51. The van der Waals surface area contributed by atoms with Crippen LogP contribution in [0.1, 0.15) is 50.5 Å². The van der Waals surface area contributed by atoms with Crippen LogP contribution in [0.4, 0.5) is 5.69 Å². The molecule has 0 saturated carbocycles. The third-order valence-corrected chi connectivity index (χ3v) is 3.95. The van der Waals surface area contributed by atoms with Crippen molar-refractivity contribution in [3.8, 4) is 0 Å². The monoisotopic (exact) mass is 260 g/mol. The van der Waals surface area contributed by atoms with Crippen LogP contribution < -0.4 is 5.73 Å². The number of nitrogens with zero attached hydrogens (tertiary/aromatic N) is 1. The first-order valence-corrected chi connectivity index (χ1v) is 7.32. The van der Waals surface area contributed by atoms with E-state index in [9.17, 15) is 4.79 Å². The van der Waals surface area contributed by atoms with Gasteiger partial charge in [-0.15, -0.1) is 0 Å². The molecule has 0 aromatic heterocycles. The van der Waals surface area contributed by atoms with Crippen LogP contribution >= 0.6 is 0 Å². The van der Waals surface area contributed by atoms with E-state index in [2.05, 4.69) is 0 Å². The summed E-state index contributed by atoms with van der Waals surface area (Å²) in [6, 6.07) is 7.67. The highest BCUT2D eigenvalue weighted by Gasteiger charge is 2.22. The van der Waals surface area contributed by atoms with Gasteiger partial charge in [-0.05, 0) is 37.5 Å². The normalized spacial score (nSPS) is 18.5. The quantitative estimate of drug-likeness (QED) is 0.830. The van der Waals surface area contributed by atoms with Gasteiger partial charge in [-0.25, -0.2) is 0 Å². The highest BCUT2D eigenvalue weighted by atomic mass is 16.2. The predicted octanol–water partition coefficient (Wildman–Crippen LogP) is 3.17. The molecule has 3 nitrogen and oxygen atoms in total. The second-order valence-electron chi connectivity index (χ2n) is 5.48. The minimum Gasteiger partial charge on any atom is -0.399 e. The van der Waals surface area contributed by atoms with Gasteiger partial charge in [-0.2, -0.15) is 0 Å². The largest absolute Gasteiger partial charge is 0.399 e. The number of hydrogen-bond donors (Lipinski definition) is 1. The molecular formula is C16H24N2O. The summed E-state index contributed by atoms with van der Waals surface area (Å²) in [4.78, 5) is 14.6. The molecule has 1 unspecified atom stereocenters. The highest BCUT2D eigenvalue weighted by Crippen LogP contribution is 2.21. The number of hydrogen-bond acceptors (Lipinski definition) is 2. The molecule has 1 amide bonds. The molecule has 2 rings (SSSR count). The summed E-state index contributed by atoms with van der Waals surface area (Å²) in [5.41, 5.74) is 7.54. The summed E-state index contributed by atoms with van der Waals surface area (Å²) in [5, 5.41) is 0. The van der Waals surface area contributed by atoms with Crippen LogP contribution in [0.25, 0.3) is 0 Å². The van der Waals surface area contributed by atoms with Gasteiger partial charge in [0.15, 0.2) is 0 Å². The summed E-state index contributed by atoms with van der Waals surface area (Å²) in [7, 11) is 0. The minimum atomic E-state index is -0.0945.